The lowest BCUT2D eigenvalue weighted by atomic mass is 9.64. The molecule has 1 nitrogen and oxygen atoms in total. The van der Waals surface area contributed by atoms with Crippen molar-refractivity contribution in [3.05, 3.63) is 28.2 Å². The molecular weight excluding hydrogens is 785 g/mol. The third-order valence-electron chi connectivity index (χ3n) is 23.3. The summed E-state index contributed by atoms with van der Waals surface area (Å²) in [4.78, 5) is 0. The Morgan fingerprint density at radius 3 is 0.523 bits per heavy atom. The molecule has 0 amide bonds. The van der Waals surface area contributed by atoms with Crippen molar-refractivity contribution in [2.45, 2.75) is 32.0 Å². The lowest BCUT2D eigenvalue weighted by molar-refractivity contribution is -0.0974. The Morgan fingerprint density at radius 2 is 0.338 bits per heavy atom. The van der Waals surface area contributed by atoms with Gasteiger partial charge in [-0.3, -0.25) is 0 Å². The van der Waals surface area contributed by atoms with E-state index in [9.17, 15) is 0 Å². The van der Waals surface area contributed by atoms with Crippen molar-refractivity contribution in [2.24, 2.45) is 0 Å². The molecule has 4 aliphatic rings. The van der Waals surface area contributed by atoms with Gasteiger partial charge in [0, 0.05) is 11.1 Å². The Morgan fingerprint density at radius 1 is 0.200 bits per heavy atom. The molecule has 0 saturated heterocycles. The van der Waals surface area contributed by atoms with E-state index in [1.807, 2.05) is 0 Å². The van der Waals surface area contributed by atoms with Gasteiger partial charge in [0.05, 0.1) is 11.5 Å². The zero-order chi connectivity index (χ0) is 38.8. The van der Waals surface area contributed by atoms with Gasteiger partial charge >= 0.3 is 0 Å². The summed E-state index contributed by atoms with van der Waals surface area (Å²) >= 11 is 0. The zero-order valence-corrected chi connectivity index (χ0v) is 33.9. The fourth-order valence-electron chi connectivity index (χ4n) is 23.4. The molecule has 32 rings (SSSR count). The van der Waals surface area contributed by atoms with Gasteiger partial charge in [-0.15, -0.1) is 0 Å². The van der Waals surface area contributed by atoms with Crippen LogP contribution in [0.4, 0.5) is 0 Å². The molecule has 0 N–H and O–H groups in total. The highest BCUT2D eigenvalue weighted by atomic mass is 16.5. The smallest absolute Gasteiger partial charge is 0.136 e. The summed E-state index contributed by atoms with van der Waals surface area (Å²) in [7, 11) is 0. The van der Waals surface area contributed by atoms with Crippen molar-refractivity contribution < 1.29 is 4.74 Å². The molecule has 0 fully saturated rings. The van der Waals surface area contributed by atoms with E-state index >= 15 is 0 Å². The zero-order valence-electron chi connectivity index (χ0n) is 33.9. The Bertz CT molecular complexity index is 6750. The largest absolute Gasteiger partial charge is 0.359 e. The van der Waals surface area contributed by atoms with Crippen molar-refractivity contribution in [1.82, 2.24) is 0 Å². The van der Waals surface area contributed by atoms with Crippen molar-refractivity contribution in [3.8, 4) is 0 Å². The number of ether oxygens (including phenoxy) is 1. The Hall–Kier alpha value is -7.58. The highest BCUT2D eigenvalue weighted by Gasteiger charge is 2.65. The quantitative estimate of drug-likeness (QED) is 0.150. The van der Waals surface area contributed by atoms with Crippen LogP contribution in [0.25, 0.3) is 291 Å². The summed E-state index contributed by atoms with van der Waals surface area (Å²) in [5.74, 6) is 1.55. The molecule has 1 heteroatoms. The van der Waals surface area contributed by atoms with Crippen molar-refractivity contribution in [3.63, 3.8) is 0 Å². The first-order valence-electron chi connectivity index (χ1n) is 24.4. The van der Waals surface area contributed by atoms with E-state index in [4.69, 9.17) is 4.74 Å². The fraction of sp³-hybridized carbons (Fsp3) is 0.0781. The number of hydrogen-bond acceptors (Lipinski definition) is 1. The van der Waals surface area contributed by atoms with Crippen LogP contribution in [0.15, 0.2) is 0 Å². The maximum atomic E-state index is 8.43. The summed E-state index contributed by atoms with van der Waals surface area (Å²) < 4.78 is 8.43. The van der Waals surface area contributed by atoms with Crippen molar-refractivity contribution >= 4 is 291 Å². The van der Waals surface area contributed by atoms with Gasteiger partial charge in [-0.1, -0.05) is 0 Å². The van der Waals surface area contributed by atoms with Crippen LogP contribution in [0.2, 0.25) is 0 Å². The molecule has 0 bridgehead atoms. The average molecular weight is 794 g/mol. The third kappa shape index (κ3) is 1.26. The van der Waals surface area contributed by atoms with Gasteiger partial charge in [0.2, 0.25) is 0 Å². The topological polar surface area (TPSA) is 9.23 Å². The van der Waals surface area contributed by atoms with Gasteiger partial charge < -0.3 is 4.74 Å². The van der Waals surface area contributed by atoms with E-state index in [1.165, 1.54) is 0 Å². The standard InChI is InChI=1S/C64H9O/c1-63(2,3)65-64-60-56-50-36-28-20-8-5-4-6-9(8)21-23-19-13(6)15-11-7(4)10-14-12(5)18-22(20)34(36)42-40-26(18)24(14)32-30-16(10)17(11)31-33-25(15)27(19)41-43-35(23)37(29(21)28)51(50)57(60)53(43)55-47(41)45(33)49-39(31)38(30)48-44(32)46(40)54(52(42)56)61(64)58(48)59(49)62(55)64/h1-3H3. The molecule has 1 radical (unpaired) electrons. The van der Waals surface area contributed by atoms with Gasteiger partial charge in [-0.2, -0.15) is 0 Å². The Balaban J connectivity index is 1.27. The lowest BCUT2D eigenvalue weighted by Crippen LogP contribution is -2.45. The van der Waals surface area contributed by atoms with E-state index in [-0.39, 0.29) is 0 Å². The highest BCUT2D eigenvalue weighted by molar-refractivity contribution is 6.82. The van der Waals surface area contributed by atoms with Crippen LogP contribution in [0.5, 0.6) is 0 Å². The molecule has 0 atom stereocenters. The molecule has 0 spiro atoms. The second-order valence-corrected chi connectivity index (χ2v) is 25.0. The van der Waals surface area contributed by atoms with E-state index in [0.29, 0.717) is 0 Å². The number of rotatable bonds is 1. The first-order valence-corrected chi connectivity index (χ1v) is 24.4. The second kappa shape index (κ2) is 5.21. The van der Waals surface area contributed by atoms with E-state index in [0.717, 1.165) is 0 Å². The molecule has 0 unspecified atom stereocenters. The summed E-state index contributed by atoms with van der Waals surface area (Å²) in [5, 5.41) is 88.0. The predicted octanol–water partition coefficient (Wildman–Crippen LogP) is 17.8. The minimum absolute atomic E-state index is 0.394. The molecule has 28 aromatic rings. The van der Waals surface area contributed by atoms with Crippen LogP contribution in [-0.4, -0.2) is 5.60 Å². The van der Waals surface area contributed by atoms with E-state index in [1.54, 1.807) is 319 Å². The molecule has 0 aliphatic heterocycles. The van der Waals surface area contributed by atoms with Crippen LogP contribution in [-0.2, 0) is 10.3 Å². The highest BCUT2D eigenvalue weighted by Crippen LogP contribution is 2.83. The summed E-state index contributed by atoms with van der Waals surface area (Å²) in [5.41, 5.74) is 5.20. The van der Waals surface area contributed by atoms with Gasteiger partial charge in [-0.05, 0) is 323 Å². The van der Waals surface area contributed by atoms with Crippen LogP contribution < -0.4 is 0 Å². The summed E-state index contributed by atoms with van der Waals surface area (Å²) in [6, 6.07) is 0. The van der Waals surface area contributed by atoms with E-state index < -0.39 is 11.2 Å². The molecule has 0 saturated carbocycles. The average Bonchev–Trinajstić information content (AvgIpc) is 4.12. The van der Waals surface area contributed by atoms with Crippen LogP contribution in [0.3, 0.4) is 0 Å². The van der Waals surface area contributed by atoms with Gasteiger partial charge in [-0.25, -0.2) is 0 Å². The van der Waals surface area contributed by atoms with Crippen LogP contribution >= 0.6 is 0 Å². The predicted molar refractivity (Wildman–Crippen MR) is 275 cm³/mol. The van der Waals surface area contributed by atoms with Crippen LogP contribution in [0.1, 0.15) is 43.0 Å². The summed E-state index contributed by atoms with van der Waals surface area (Å²) in [6.07, 6.45) is 0. The monoisotopic (exact) mass is 793 g/mol. The molecule has 271 valence electrons. The lowest BCUT2D eigenvalue weighted by Gasteiger charge is -2.47. The first-order chi connectivity index (χ1) is 32.1. The maximum Gasteiger partial charge on any atom is 0.136 e. The Kier molecular flexibility index (Phi) is 1.92. The Labute approximate surface area is 354 Å². The molecule has 28 aromatic carbocycles. The molecule has 0 heterocycles. The van der Waals surface area contributed by atoms with Crippen molar-refractivity contribution in [1.29, 1.82) is 0 Å². The van der Waals surface area contributed by atoms with Crippen LogP contribution in [0, 0.1) is 5.92 Å². The van der Waals surface area contributed by atoms with Gasteiger partial charge in [0.25, 0.3) is 0 Å². The number of hydrogen-bond donors (Lipinski definition) is 0. The summed E-state index contributed by atoms with van der Waals surface area (Å²) in [6.45, 7) is 7.13. The molecule has 65 heavy (non-hydrogen) atoms. The molecule has 4 aliphatic carbocycles. The van der Waals surface area contributed by atoms with E-state index in [2.05, 4.69) is 20.8 Å². The van der Waals surface area contributed by atoms with Gasteiger partial charge in [0.1, 0.15) is 5.60 Å². The minimum atomic E-state index is -0.691. The SMILES string of the molecule is CC(C)(C)OC12[C]3c4c5c6c1c1c7c2c2c8c3c3c4c4c9c5c5c6c6c1c1c%10c7c7c2c2c8c8c3c3c4c4c9c9c5c5c6c1c1c6c%10c7c7c2c2c8c3c3c4c4c9c5c1c1c6c7c2c3c41. The second-order valence-electron chi connectivity index (χ2n) is 25.0. The first kappa shape index (κ1) is 23.9. The number of benzene rings is 18. The van der Waals surface area contributed by atoms with Gasteiger partial charge in [0.15, 0.2) is 0 Å². The molecule has 0 aromatic heterocycles. The molecular formula is C64H9O. The maximum absolute atomic E-state index is 8.43. The third-order valence-corrected chi connectivity index (χ3v) is 23.3. The minimum Gasteiger partial charge on any atom is -0.359 e. The van der Waals surface area contributed by atoms with Crippen molar-refractivity contribution in [2.75, 3.05) is 0 Å². The normalized spacial score (nSPS) is 19.4. The fourth-order valence-corrected chi connectivity index (χ4v) is 23.4.